The number of ether oxygens (including phenoxy) is 1. The Labute approximate surface area is 231 Å². The summed E-state index contributed by atoms with van der Waals surface area (Å²) < 4.78 is 20.5. The van der Waals surface area contributed by atoms with Crippen molar-refractivity contribution in [2.75, 3.05) is 10.6 Å². The molecule has 0 aliphatic heterocycles. The van der Waals surface area contributed by atoms with Crippen LogP contribution in [-0.2, 0) is 0 Å². The highest BCUT2D eigenvalue weighted by Crippen LogP contribution is 2.37. The van der Waals surface area contributed by atoms with Gasteiger partial charge in [0.2, 0.25) is 0 Å². The Hall–Kier alpha value is -4.36. The number of carbonyl (C=O) groups is 2. The summed E-state index contributed by atoms with van der Waals surface area (Å²) in [5.74, 6) is -1.42. The van der Waals surface area contributed by atoms with Gasteiger partial charge in [0.1, 0.15) is 17.7 Å². The Bertz CT molecular complexity index is 1490. The number of urea groups is 1. The minimum absolute atomic E-state index is 0.0694. The largest absolute Gasteiger partial charge is 0.484 e. The van der Waals surface area contributed by atoms with E-state index < -0.39 is 23.9 Å². The lowest BCUT2D eigenvalue weighted by Crippen LogP contribution is -2.20. The van der Waals surface area contributed by atoms with E-state index >= 15 is 0 Å². The molecule has 4 aromatic rings. The summed E-state index contributed by atoms with van der Waals surface area (Å²) in [5.41, 5.74) is 3.23. The molecule has 0 aliphatic carbocycles. The Morgan fingerprint density at radius 2 is 1.72 bits per heavy atom. The van der Waals surface area contributed by atoms with E-state index in [0.717, 1.165) is 29.7 Å². The predicted molar refractivity (Wildman–Crippen MR) is 152 cm³/mol. The Kier molecular flexibility index (Phi) is 8.84. The van der Waals surface area contributed by atoms with Crippen LogP contribution < -0.4 is 15.4 Å². The van der Waals surface area contributed by atoms with Crippen molar-refractivity contribution in [3.8, 4) is 16.9 Å². The van der Waals surface area contributed by atoms with Crippen LogP contribution in [0.2, 0.25) is 5.02 Å². The Balaban J connectivity index is 1.74. The lowest BCUT2D eigenvalue weighted by atomic mass is 9.98. The molecule has 1 unspecified atom stereocenters. The molecule has 0 heterocycles. The first kappa shape index (κ1) is 27.7. The molecule has 0 radical (unpaired) electrons. The fourth-order valence-corrected chi connectivity index (χ4v) is 4.45. The lowest BCUT2D eigenvalue weighted by molar-refractivity contribution is 0.0697. The summed E-state index contributed by atoms with van der Waals surface area (Å²) in [4.78, 5) is 24.8. The standard InChI is InChI=1S/C31H28ClFN2O4/c1-3-6-28(24-7-4-5-8-26(24)32)39-29-16-11-20(25-18-21(33)12-15-23(25)30(36)37)17-27(29)35-31(38)34-22-13-9-19(2)10-14-22/h4-5,7-18,28H,3,6H2,1-2H3,(H,36,37)(H2,34,35,38). The molecule has 8 heteroatoms. The molecular weight excluding hydrogens is 519 g/mol. The zero-order chi connectivity index (χ0) is 27.9. The van der Waals surface area contributed by atoms with Crippen molar-refractivity contribution in [3.63, 3.8) is 0 Å². The maximum Gasteiger partial charge on any atom is 0.336 e. The number of aromatic carboxylic acids is 1. The fourth-order valence-electron chi connectivity index (χ4n) is 4.19. The van der Waals surface area contributed by atoms with Crippen molar-refractivity contribution < 1.29 is 23.8 Å². The number of hydrogen-bond acceptors (Lipinski definition) is 3. The van der Waals surface area contributed by atoms with E-state index in [4.69, 9.17) is 16.3 Å². The fraction of sp³-hybridized carbons (Fsp3) is 0.161. The second-order valence-corrected chi connectivity index (χ2v) is 9.48. The van der Waals surface area contributed by atoms with Crippen LogP contribution in [0.5, 0.6) is 5.75 Å². The number of carboxylic acids is 1. The van der Waals surface area contributed by atoms with Crippen molar-refractivity contribution in [3.05, 3.63) is 112 Å². The first-order valence-corrected chi connectivity index (χ1v) is 12.9. The van der Waals surface area contributed by atoms with Crippen LogP contribution in [0.1, 0.15) is 47.4 Å². The number of nitrogens with one attached hydrogen (secondary N) is 2. The van der Waals surface area contributed by atoms with Gasteiger partial charge in [-0.15, -0.1) is 0 Å². The predicted octanol–water partition coefficient (Wildman–Crippen LogP) is 8.72. The molecule has 2 amide bonds. The second-order valence-electron chi connectivity index (χ2n) is 9.07. The van der Waals surface area contributed by atoms with E-state index in [1.54, 1.807) is 36.4 Å². The number of rotatable bonds is 9. The number of halogens is 2. The van der Waals surface area contributed by atoms with Crippen molar-refractivity contribution in [1.82, 2.24) is 0 Å². The average molecular weight is 547 g/mol. The summed E-state index contributed by atoms with van der Waals surface area (Å²) in [6.45, 7) is 3.98. The quantitative estimate of drug-likeness (QED) is 0.196. The average Bonchev–Trinajstić information content (AvgIpc) is 2.90. The van der Waals surface area contributed by atoms with Crippen LogP contribution in [0, 0.1) is 12.7 Å². The topological polar surface area (TPSA) is 87.7 Å². The van der Waals surface area contributed by atoms with Crippen molar-refractivity contribution in [2.24, 2.45) is 0 Å². The smallest absolute Gasteiger partial charge is 0.336 e. The molecule has 0 aromatic heterocycles. The second kappa shape index (κ2) is 12.5. The van der Waals surface area contributed by atoms with Crippen LogP contribution in [0.4, 0.5) is 20.6 Å². The van der Waals surface area contributed by atoms with E-state index in [1.807, 2.05) is 44.2 Å². The van der Waals surface area contributed by atoms with Gasteiger partial charge in [-0.3, -0.25) is 0 Å². The molecule has 0 aliphatic rings. The third-order valence-corrected chi connectivity index (χ3v) is 6.48. The molecular formula is C31H28ClFN2O4. The van der Waals surface area contributed by atoms with E-state index in [-0.39, 0.29) is 16.8 Å². The van der Waals surface area contributed by atoms with Gasteiger partial charge in [0, 0.05) is 16.3 Å². The molecule has 200 valence electrons. The monoisotopic (exact) mass is 546 g/mol. The molecule has 3 N–H and O–H groups in total. The van der Waals surface area contributed by atoms with Crippen LogP contribution >= 0.6 is 11.6 Å². The lowest BCUT2D eigenvalue weighted by Gasteiger charge is -2.23. The van der Waals surface area contributed by atoms with Gasteiger partial charge in [0.15, 0.2) is 0 Å². The molecule has 0 fully saturated rings. The summed E-state index contributed by atoms with van der Waals surface area (Å²) in [5, 5.41) is 15.8. The highest BCUT2D eigenvalue weighted by atomic mass is 35.5. The number of hydrogen-bond donors (Lipinski definition) is 3. The van der Waals surface area contributed by atoms with Gasteiger partial charge in [0.25, 0.3) is 0 Å². The van der Waals surface area contributed by atoms with Crippen LogP contribution in [0.25, 0.3) is 11.1 Å². The minimum atomic E-state index is -1.20. The van der Waals surface area contributed by atoms with E-state index in [2.05, 4.69) is 10.6 Å². The number of carbonyl (C=O) groups excluding carboxylic acids is 1. The molecule has 0 saturated heterocycles. The Morgan fingerprint density at radius 3 is 2.41 bits per heavy atom. The number of carboxylic acid groups (broad SMARTS) is 1. The SMILES string of the molecule is CCCC(Oc1ccc(-c2cc(F)ccc2C(=O)O)cc1NC(=O)Nc1ccc(C)cc1)c1ccccc1Cl. The van der Waals surface area contributed by atoms with E-state index in [9.17, 15) is 19.1 Å². The van der Waals surface area contributed by atoms with Crippen LogP contribution in [-0.4, -0.2) is 17.1 Å². The third-order valence-electron chi connectivity index (χ3n) is 6.13. The highest BCUT2D eigenvalue weighted by Gasteiger charge is 2.20. The van der Waals surface area contributed by atoms with Gasteiger partial charge < -0.3 is 20.5 Å². The van der Waals surface area contributed by atoms with Gasteiger partial charge in [-0.1, -0.05) is 66.9 Å². The number of anilines is 2. The molecule has 39 heavy (non-hydrogen) atoms. The van der Waals surface area contributed by atoms with Gasteiger partial charge in [-0.05, 0) is 73.0 Å². The molecule has 0 saturated carbocycles. The summed E-state index contributed by atoms with van der Waals surface area (Å²) in [6.07, 6.45) is 1.07. The van der Waals surface area contributed by atoms with Gasteiger partial charge >= 0.3 is 12.0 Å². The summed E-state index contributed by atoms with van der Waals surface area (Å²) in [6, 6.07) is 22.5. The summed E-state index contributed by atoms with van der Waals surface area (Å²) in [7, 11) is 0. The molecule has 0 bridgehead atoms. The van der Waals surface area contributed by atoms with Gasteiger partial charge in [0.05, 0.1) is 11.3 Å². The maximum atomic E-state index is 14.1. The normalized spacial score (nSPS) is 11.5. The Morgan fingerprint density at radius 1 is 0.974 bits per heavy atom. The number of aryl methyl sites for hydroxylation is 1. The highest BCUT2D eigenvalue weighted by molar-refractivity contribution is 6.31. The van der Waals surface area contributed by atoms with Gasteiger partial charge in [-0.25, -0.2) is 14.0 Å². The molecule has 4 rings (SSSR count). The maximum absolute atomic E-state index is 14.1. The molecule has 4 aromatic carbocycles. The first-order valence-electron chi connectivity index (χ1n) is 12.5. The number of amides is 2. The van der Waals surface area contributed by atoms with E-state index in [0.29, 0.717) is 28.4 Å². The third kappa shape index (κ3) is 6.94. The van der Waals surface area contributed by atoms with Crippen molar-refractivity contribution >= 4 is 35.0 Å². The molecule has 1 atom stereocenters. The first-order chi connectivity index (χ1) is 18.7. The van der Waals surface area contributed by atoms with Crippen molar-refractivity contribution in [2.45, 2.75) is 32.8 Å². The molecule has 0 spiro atoms. The van der Waals surface area contributed by atoms with E-state index in [1.165, 1.54) is 6.07 Å². The zero-order valence-electron chi connectivity index (χ0n) is 21.5. The number of benzene rings is 4. The zero-order valence-corrected chi connectivity index (χ0v) is 22.3. The minimum Gasteiger partial charge on any atom is -0.484 e. The van der Waals surface area contributed by atoms with Crippen LogP contribution in [0.3, 0.4) is 0 Å². The van der Waals surface area contributed by atoms with Gasteiger partial charge in [-0.2, -0.15) is 0 Å². The summed E-state index contributed by atoms with van der Waals surface area (Å²) >= 11 is 6.46. The van der Waals surface area contributed by atoms with Crippen molar-refractivity contribution in [1.29, 1.82) is 0 Å². The van der Waals surface area contributed by atoms with Crippen LogP contribution in [0.15, 0.2) is 84.9 Å². The molecule has 6 nitrogen and oxygen atoms in total.